The van der Waals surface area contributed by atoms with E-state index in [9.17, 15) is 8.42 Å². The van der Waals surface area contributed by atoms with Crippen LogP contribution in [0.3, 0.4) is 0 Å². The van der Waals surface area contributed by atoms with Gasteiger partial charge in [0.2, 0.25) is 10.0 Å². The third-order valence-corrected chi connectivity index (χ3v) is 2.79. The summed E-state index contributed by atoms with van der Waals surface area (Å²) in [5.41, 5.74) is 6.55. The molecule has 0 aliphatic carbocycles. The van der Waals surface area contributed by atoms with Crippen molar-refractivity contribution in [3.05, 3.63) is 23.8 Å². The Bertz CT molecular complexity index is 417. The van der Waals surface area contributed by atoms with Gasteiger partial charge in [-0.2, -0.15) is 0 Å². The molecule has 6 heteroatoms. The van der Waals surface area contributed by atoms with Gasteiger partial charge in [-0.1, -0.05) is 0 Å². The van der Waals surface area contributed by atoms with E-state index >= 15 is 0 Å². The van der Waals surface area contributed by atoms with Crippen molar-refractivity contribution in [1.29, 1.82) is 0 Å². The average Bonchev–Trinajstić information content (AvgIpc) is 2.03. The fourth-order valence-electron chi connectivity index (χ4n) is 0.875. The molecule has 0 radical (unpaired) electrons. The second kappa shape index (κ2) is 3.53. The summed E-state index contributed by atoms with van der Waals surface area (Å²) in [4.78, 5) is 0.0253. The van der Waals surface area contributed by atoms with Crippen molar-refractivity contribution in [3.63, 3.8) is 0 Å². The Morgan fingerprint density at radius 2 is 2.00 bits per heavy atom. The number of nitrogens with two attached hydrogens (primary N) is 2. The molecule has 0 atom stereocenters. The number of rotatable bonds is 2. The highest BCUT2D eigenvalue weighted by molar-refractivity contribution is 7.89. The van der Waals surface area contributed by atoms with E-state index in [1.807, 2.05) is 0 Å². The molecule has 4 nitrogen and oxygen atoms in total. The van der Waals surface area contributed by atoms with E-state index in [0.717, 1.165) is 0 Å². The lowest BCUT2D eigenvalue weighted by atomic mass is 10.2. The Morgan fingerprint density at radius 1 is 1.38 bits per heavy atom. The van der Waals surface area contributed by atoms with Crippen LogP contribution in [-0.4, -0.2) is 8.42 Å². The van der Waals surface area contributed by atoms with E-state index in [0.29, 0.717) is 11.3 Å². The summed E-state index contributed by atoms with van der Waals surface area (Å²) in [5.74, 6) is 0.162. The molecule has 1 aromatic carbocycles. The second-order valence-electron chi connectivity index (χ2n) is 2.54. The largest absolute Gasteiger partial charge is 0.398 e. The van der Waals surface area contributed by atoms with Crippen LogP contribution >= 0.6 is 11.6 Å². The normalized spacial score (nSPS) is 11.5. The van der Waals surface area contributed by atoms with Crippen molar-refractivity contribution < 1.29 is 8.42 Å². The van der Waals surface area contributed by atoms with Gasteiger partial charge in [-0.05, 0) is 23.8 Å². The van der Waals surface area contributed by atoms with Crippen molar-refractivity contribution in [2.24, 2.45) is 5.14 Å². The van der Waals surface area contributed by atoms with Gasteiger partial charge in [0.05, 0.1) is 4.90 Å². The quantitative estimate of drug-likeness (QED) is 0.567. The smallest absolute Gasteiger partial charge is 0.238 e. The summed E-state index contributed by atoms with van der Waals surface area (Å²) in [6.07, 6.45) is 0. The molecular formula is C7H9ClN2O2S. The summed E-state index contributed by atoms with van der Waals surface area (Å²) in [7, 11) is -3.67. The molecule has 4 N–H and O–H groups in total. The average molecular weight is 221 g/mol. The molecule has 1 aromatic rings. The zero-order valence-electron chi connectivity index (χ0n) is 6.70. The molecule has 0 saturated heterocycles. The van der Waals surface area contributed by atoms with E-state index in [1.165, 1.54) is 18.2 Å². The van der Waals surface area contributed by atoms with Crippen molar-refractivity contribution in [2.45, 2.75) is 10.8 Å². The molecule has 0 saturated carbocycles. The van der Waals surface area contributed by atoms with Crippen LogP contribution in [0.2, 0.25) is 0 Å². The van der Waals surface area contributed by atoms with E-state index < -0.39 is 10.0 Å². The van der Waals surface area contributed by atoms with Gasteiger partial charge < -0.3 is 5.73 Å². The fourth-order valence-corrected chi connectivity index (χ4v) is 1.67. The first-order valence-electron chi connectivity index (χ1n) is 3.42. The molecule has 0 aliphatic heterocycles. The zero-order valence-corrected chi connectivity index (χ0v) is 8.27. The number of nitrogen functional groups attached to an aromatic ring is 1. The van der Waals surface area contributed by atoms with E-state index in [2.05, 4.69) is 0 Å². The summed E-state index contributed by atoms with van der Waals surface area (Å²) >= 11 is 5.54. The third-order valence-electron chi connectivity index (χ3n) is 1.59. The number of benzene rings is 1. The minimum absolute atomic E-state index is 0.0253. The van der Waals surface area contributed by atoms with Gasteiger partial charge in [0, 0.05) is 11.6 Å². The van der Waals surface area contributed by atoms with Gasteiger partial charge in [0.15, 0.2) is 0 Å². The van der Waals surface area contributed by atoms with Crippen molar-refractivity contribution in [2.75, 3.05) is 5.73 Å². The molecule has 0 spiro atoms. The number of sulfonamides is 1. The maximum Gasteiger partial charge on any atom is 0.238 e. The minimum Gasteiger partial charge on any atom is -0.398 e. The summed E-state index contributed by atoms with van der Waals surface area (Å²) in [5, 5.41) is 4.92. The molecule has 0 unspecified atom stereocenters. The van der Waals surface area contributed by atoms with Gasteiger partial charge >= 0.3 is 0 Å². The van der Waals surface area contributed by atoms with Crippen LogP contribution in [0.4, 0.5) is 5.69 Å². The van der Waals surface area contributed by atoms with Gasteiger partial charge in [0.25, 0.3) is 0 Å². The predicted octanol–water partition coefficient (Wildman–Crippen LogP) is 0.655. The van der Waals surface area contributed by atoms with Crippen LogP contribution < -0.4 is 10.9 Å². The SMILES string of the molecule is Nc1ccc(S(N)(=O)=O)cc1CCl. The molecular weight excluding hydrogens is 212 g/mol. The Balaban J connectivity index is 3.30. The summed E-state index contributed by atoms with van der Waals surface area (Å²) in [6.45, 7) is 0. The van der Waals surface area contributed by atoms with Gasteiger partial charge in [-0.3, -0.25) is 0 Å². The Morgan fingerprint density at radius 3 is 2.46 bits per heavy atom. The molecule has 0 aliphatic rings. The molecule has 0 heterocycles. The van der Waals surface area contributed by atoms with E-state index in [4.69, 9.17) is 22.5 Å². The van der Waals surface area contributed by atoms with E-state index in [1.54, 1.807) is 0 Å². The Hall–Kier alpha value is -0.780. The van der Waals surface area contributed by atoms with Gasteiger partial charge in [0.1, 0.15) is 0 Å². The van der Waals surface area contributed by atoms with Crippen LogP contribution in [0.25, 0.3) is 0 Å². The van der Waals surface area contributed by atoms with Crippen LogP contribution in [-0.2, 0) is 15.9 Å². The first-order valence-corrected chi connectivity index (χ1v) is 5.50. The Kier molecular flexibility index (Phi) is 2.80. The van der Waals surface area contributed by atoms with Crippen LogP contribution in [0.5, 0.6) is 0 Å². The highest BCUT2D eigenvalue weighted by Crippen LogP contribution is 2.18. The number of primary sulfonamides is 1. The lowest BCUT2D eigenvalue weighted by Crippen LogP contribution is -2.12. The van der Waals surface area contributed by atoms with Crippen LogP contribution in [0.1, 0.15) is 5.56 Å². The van der Waals surface area contributed by atoms with E-state index in [-0.39, 0.29) is 10.8 Å². The standard InChI is InChI=1S/C7H9ClN2O2S/c8-4-5-3-6(13(10,11)12)1-2-7(5)9/h1-3H,4,9H2,(H2,10,11,12). The molecule has 0 bridgehead atoms. The first kappa shape index (κ1) is 10.3. The number of halogens is 1. The zero-order chi connectivity index (χ0) is 10.1. The number of hydrogen-bond donors (Lipinski definition) is 2. The summed E-state index contributed by atoms with van der Waals surface area (Å²) < 4.78 is 21.8. The van der Waals surface area contributed by atoms with Crippen molar-refractivity contribution in [3.8, 4) is 0 Å². The van der Waals surface area contributed by atoms with Crippen LogP contribution in [0, 0.1) is 0 Å². The molecule has 72 valence electrons. The minimum atomic E-state index is -3.67. The molecule has 1 rings (SSSR count). The maximum atomic E-state index is 10.9. The van der Waals surface area contributed by atoms with Crippen LogP contribution in [0.15, 0.2) is 23.1 Å². The molecule has 0 fully saturated rings. The predicted molar refractivity (Wildman–Crippen MR) is 51.8 cm³/mol. The fraction of sp³-hybridized carbons (Fsp3) is 0.143. The third kappa shape index (κ3) is 2.33. The number of anilines is 1. The highest BCUT2D eigenvalue weighted by Gasteiger charge is 2.09. The maximum absolute atomic E-state index is 10.9. The lowest BCUT2D eigenvalue weighted by Gasteiger charge is -2.03. The first-order chi connectivity index (χ1) is 5.95. The second-order valence-corrected chi connectivity index (χ2v) is 4.37. The lowest BCUT2D eigenvalue weighted by molar-refractivity contribution is 0.597. The molecule has 13 heavy (non-hydrogen) atoms. The summed E-state index contributed by atoms with van der Waals surface area (Å²) in [6, 6.07) is 4.19. The topological polar surface area (TPSA) is 86.2 Å². The monoisotopic (exact) mass is 220 g/mol. The number of hydrogen-bond acceptors (Lipinski definition) is 3. The highest BCUT2D eigenvalue weighted by atomic mass is 35.5. The van der Waals surface area contributed by atoms with Gasteiger partial charge in [-0.15, -0.1) is 11.6 Å². The van der Waals surface area contributed by atoms with Gasteiger partial charge in [-0.25, -0.2) is 13.6 Å². The van der Waals surface area contributed by atoms with Crippen molar-refractivity contribution >= 4 is 27.3 Å². The van der Waals surface area contributed by atoms with Crippen molar-refractivity contribution in [1.82, 2.24) is 0 Å². The molecule has 0 aromatic heterocycles. The number of alkyl halides is 1. The Labute approximate surface area is 81.5 Å². The molecule has 0 amide bonds.